The number of methoxy groups -OCH3 is 1. The largest absolute Gasteiger partial charge is 0.378 e. The second kappa shape index (κ2) is 3.56. The highest BCUT2D eigenvalue weighted by Gasteiger charge is 2.37. The molecule has 84 valence electrons. The van der Waals surface area contributed by atoms with E-state index in [1.165, 1.54) is 6.42 Å². The molecule has 0 atom stereocenters. The lowest BCUT2D eigenvalue weighted by atomic mass is 9.77. The van der Waals surface area contributed by atoms with E-state index in [9.17, 15) is 0 Å². The van der Waals surface area contributed by atoms with Gasteiger partial charge in [-0.15, -0.1) is 0 Å². The van der Waals surface area contributed by atoms with Crippen LogP contribution in [0.4, 0.5) is 0 Å². The molecule has 1 saturated carbocycles. The van der Waals surface area contributed by atoms with Crippen molar-refractivity contribution in [2.45, 2.75) is 31.3 Å². The molecule has 3 rings (SSSR count). The third-order valence-corrected chi connectivity index (χ3v) is 3.49. The number of rotatable bonds is 3. The Balaban J connectivity index is 1.89. The second-order valence-electron chi connectivity index (χ2n) is 4.48. The first kappa shape index (κ1) is 9.78. The lowest BCUT2D eigenvalue weighted by molar-refractivity contribution is -0.0719. The minimum atomic E-state index is 0.0217. The third kappa shape index (κ3) is 1.50. The van der Waals surface area contributed by atoms with Crippen molar-refractivity contribution in [3.8, 4) is 0 Å². The zero-order valence-electron chi connectivity index (χ0n) is 9.36. The van der Waals surface area contributed by atoms with Crippen molar-refractivity contribution < 1.29 is 4.74 Å². The second-order valence-corrected chi connectivity index (χ2v) is 4.48. The van der Waals surface area contributed by atoms with Gasteiger partial charge in [0.1, 0.15) is 5.82 Å². The van der Waals surface area contributed by atoms with Crippen LogP contribution in [0.2, 0.25) is 0 Å². The predicted octanol–water partition coefficient (Wildman–Crippen LogP) is 2.07. The number of H-pyrrole nitrogens is 1. The van der Waals surface area contributed by atoms with Crippen LogP contribution in [-0.2, 0) is 11.2 Å². The van der Waals surface area contributed by atoms with E-state index in [2.05, 4.69) is 15.0 Å². The number of ether oxygens (including phenoxy) is 1. The molecule has 0 bridgehead atoms. The average molecular weight is 217 g/mol. The zero-order valence-corrected chi connectivity index (χ0v) is 9.36. The number of hydrogen-bond donors (Lipinski definition) is 1. The highest BCUT2D eigenvalue weighted by molar-refractivity contribution is 5.69. The number of imidazole rings is 1. The topological polar surface area (TPSA) is 50.8 Å². The molecule has 16 heavy (non-hydrogen) atoms. The Morgan fingerprint density at radius 2 is 2.38 bits per heavy atom. The summed E-state index contributed by atoms with van der Waals surface area (Å²) < 4.78 is 5.59. The maximum absolute atomic E-state index is 5.59. The van der Waals surface area contributed by atoms with Gasteiger partial charge in [-0.2, -0.15) is 0 Å². The van der Waals surface area contributed by atoms with E-state index in [-0.39, 0.29) is 5.60 Å². The van der Waals surface area contributed by atoms with Crippen LogP contribution >= 0.6 is 0 Å². The van der Waals surface area contributed by atoms with Crippen LogP contribution in [0, 0.1) is 0 Å². The SMILES string of the molecule is COC1(Cc2nc3ncccc3[nH]2)CCC1. The Hall–Kier alpha value is -1.42. The van der Waals surface area contributed by atoms with Crippen molar-refractivity contribution in [3.05, 3.63) is 24.2 Å². The van der Waals surface area contributed by atoms with Crippen LogP contribution in [0.5, 0.6) is 0 Å². The van der Waals surface area contributed by atoms with Crippen molar-refractivity contribution in [2.24, 2.45) is 0 Å². The Morgan fingerprint density at radius 3 is 3.00 bits per heavy atom. The molecule has 2 aromatic rings. The molecule has 0 radical (unpaired) electrons. The molecule has 0 aliphatic heterocycles. The molecule has 4 nitrogen and oxygen atoms in total. The highest BCUT2D eigenvalue weighted by atomic mass is 16.5. The number of aromatic nitrogens is 3. The van der Waals surface area contributed by atoms with Crippen LogP contribution in [0.15, 0.2) is 18.3 Å². The molecule has 1 aliphatic rings. The van der Waals surface area contributed by atoms with Crippen molar-refractivity contribution >= 4 is 11.2 Å². The molecular weight excluding hydrogens is 202 g/mol. The molecule has 0 amide bonds. The lowest BCUT2D eigenvalue weighted by Gasteiger charge is -2.39. The van der Waals surface area contributed by atoms with Gasteiger partial charge in [-0.1, -0.05) is 0 Å². The van der Waals surface area contributed by atoms with Crippen LogP contribution in [0.25, 0.3) is 11.2 Å². The van der Waals surface area contributed by atoms with Crippen LogP contribution < -0.4 is 0 Å². The number of hydrogen-bond acceptors (Lipinski definition) is 3. The number of aromatic amines is 1. The van der Waals surface area contributed by atoms with E-state index in [0.717, 1.165) is 36.3 Å². The summed E-state index contributed by atoms with van der Waals surface area (Å²) in [4.78, 5) is 12.0. The first-order chi connectivity index (χ1) is 7.81. The molecule has 2 heterocycles. The zero-order chi connectivity index (χ0) is 11.0. The molecule has 1 N–H and O–H groups in total. The Morgan fingerprint density at radius 1 is 1.50 bits per heavy atom. The fourth-order valence-corrected chi connectivity index (χ4v) is 2.31. The lowest BCUT2D eigenvalue weighted by Crippen LogP contribution is -2.41. The maximum Gasteiger partial charge on any atom is 0.177 e. The van der Waals surface area contributed by atoms with Gasteiger partial charge in [-0.25, -0.2) is 9.97 Å². The molecule has 1 aliphatic carbocycles. The number of pyridine rings is 1. The summed E-state index contributed by atoms with van der Waals surface area (Å²) in [6.45, 7) is 0. The van der Waals surface area contributed by atoms with Crippen LogP contribution in [0.1, 0.15) is 25.1 Å². The van der Waals surface area contributed by atoms with Gasteiger partial charge in [0, 0.05) is 19.7 Å². The molecule has 4 heteroatoms. The van der Waals surface area contributed by atoms with Gasteiger partial charge in [-0.05, 0) is 31.4 Å². The number of nitrogens with one attached hydrogen (secondary N) is 1. The summed E-state index contributed by atoms with van der Waals surface area (Å²) in [5.41, 5.74) is 1.82. The van der Waals surface area contributed by atoms with E-state index in [1.807, 2.05) is 12.1 Å². The molecule has 0 spiro atoms. The van der Waals surface area contributed by atoms with E-state index >= 15 is 0 Å². The molecular formula is C12H15N3O. The fourth-order valence-electron chi connectivity index (χ4n) is 2.31. The summed E-state index contributed by atoms with van der Waals surface area (Å²) in [5, 5.41) is 0. The van der Waals surface area contributed by atoms with Gasteiger partial charge in [0.25, 0.3) is 0 Å². The average Bonchev–Trinajstić information content (AvgIpc) is 2.65. The summed E-state index contributed by atoms with van der Waals surface area (Å²) in [6, 6.07) is 3.92. The molecule has 1 fully saturated rings. The van der Waals surface area contributed by atoms with Crippen molar-refractivity contribution in [2.75, 3.05) is 7.11 Å². The van der Waals surface area contributed by atoms with Crippen molar-refractivity contribution in [3.63, 3.8) is 0 Å². The minimum absolute atomic E-state index is 0.0217. The first-order valence-corrected chi connectivity index (χ1v) is 5.66. The predicted molar refractivity (Wildman–Crippen MR) is 61.2 cm³/mol. The van der Waals surface area contributed by atoms with Gasteiger partial charge in [0.2, 0.25) is 0 Å². The maximum atomic E-state index is 5.59. The van der Waals surface area contributed by atoms with Gasteiger partial charge in [-0.3, -0.25) is 0 Å². The van der Waals surface area contributed by atoms with Crippen molar-refractivity contribution in [1.82, 2.24) is 15.0 Å². The highest BCUT2D eigenvalue weighted by Crippen LogP contribution is 2.37. The molecule has 0 saturated heterocycles. The third-order valence-electron chi connectivity index (χ3n) is 3.49. The van der Waals surface area contributed by atoms with E-state index < -0.39 is 0 Å². The van der Waals surface area contributed by atoms with E-state index in [0.29, 0.717) is 0 Å². The number of nitrogens with zero attached hydrogens (tertiary/aromatic N) is 2. The van der Waals surface area contributed by atoms with Gasteiger partial charge >= 0.3 is 0 Å². The van der Waals surface area contributed by atoms with Gasteiger partial charge in [0.05, 0.1) is 11.1 Å². The molecule has 2 aromatic heterocycles. The minimum Gasteiger partial charge on any atom is -0.378 e. The van der Waals surface area contributed by atoms with Crippen molar-refractivity contribution in [1.29, 1.82) is 0 Å². The molecule has 0 unspecified atom stereocenters. The standard InChI is InChI=1S/C12H15N3O/c1-16-12(5-3-6-12)8-10-14-9-4-2-7-13-11(9)15-10/h2,4,7H,3,5-6,8H2,1H3,(H,13,14,15). The van der Waals surface area contributed by atoms with Crippen LogP contribution in [0.3, 0.4) is 0 Å². The normalized spacial score (nSPS) is 18.6. The Labute approximate surface area is 94.1 Å². The number of fused-ring (bicyclic) bond motifs is 1. The summed E-state index contributed by atoms with van der Waals surface area (Å²) in [5.74, 6) is 0.982. The quantitative estimate of drug-likeness (QED) is 0.856. The smallest absolute Gasteiger partial charge is 0.177 e. The van der Waals surface area contributed by atoms with E-state index in [4.69, 9.17) is 4.74 Å². The summed E-state index contributed by atoms with van der Waals surface area (Å²) >= 11 is 0. The Bertz CT molecular complexity index is 463. The van der Waals surface area contributed by atoms with Crippen LogP contribution in [-0.4, -0.2) is 27.7 Å². The fraction of sp³-hybridized carbons (Fsp3) is 0.500. The van der Waals surface area contributed by atoms with Gasteiger partial charge < -0.3 is 9.72 Å². The monoisotopic (exact) mass is 217 g/mol. The summed E-state index contributed by atoms with van der Waals surface area (Å²) in [7, 11) is 1.79. The summed E-state index contributed by atoms with van der Waals surface area (Å²) in [6.07, 6.45) is 6.15. The first-order valence-electron chi connectivity index (χ1n) is 5.66. The van der Waals surface area contributed by atoms with E-state index in [1.54, 1.807) is 13.3 Å². The van der Waals surface area contributed by atoms with Gasteiger partial charge in [0.15, 0.2) is 5.65 Å². The molecule has 0 aromatic carbocycles. The Kier molecular flexibility index (Phi) is 2.17.